The van der Waals surface area contributed by atoms with Gasteiger partial charge in [-0.1, -0.05) is 13.8 Å². The Bertz CT molecular complexity index is 936. The third-order valence-corrected chi connectivity index (χ3v) is 5.89. The Hall–Kier alpha value is -2.12. The van der Waals surface area contributed by atoms with E-state index < -0.39 is 7.12 Å². The van der Waals surface area contributed by atoms with E-state index in [1.807, 2.05) is 6.92 Å². The summed E-state index contributed by atoms with van der Waals surface area (Å²) < 4.78 is 7.71. The van der Waals surface area contributed by atoms with Gasteiger partial charge in [0.1, 0.15) is 11.5 Å². The molecule has 7 heteroatoms. The highest BCUT2D eigenvalue weighted by atomic mass is 16.5. The number of carbonyl (C=O) groups excluding carboxylic acids is 1. The van der Waals surface area contributed by atoms with Crippen LogP contribution in [0.3, 0.4) is 0 Å². The minimum absolute atomic E-state index is 0.0158. The second-order valence-electron chi connectivity index (χ2n) is 8.40. The lowest BCUT2D eigenvalue weighted by atomic mass is 9.80. The predicted octanol–water partition coefficient (Wildman–Crippen LogP) is 1.45. The van der Waals surface area contributed by atoms with Crippen LogP contribution in [-0.4, -0.2) is 34.1 Å². The molecular weight excluding hydrogens is 329 g/mol. The molecule has 0 unspecified atom stereocenters. The average molecular weight is 351 g/mol. The van der Waals surface area contributed by atoms with E-state index in [0.717, 1.165) is 30.6 Å². The van der Waals surface area contributed by atoms with Gasteiger partial charge in [0.25, 0.3) is 5.91 Å². The molecule has 0 bridgehead atoms. The Kier molecular flexibility index (Phi) is 3.22. The first-order valence-corrected chi connectivity index (χ1v) is 9.21. The van der Waals surface area contributed by atoms with E-state index in [1.54, 1.807) is 17.2 Å². The fourth-order valence-corrected chi connectivity index (χ4v) is 4.77. The number of hydrogen-bond acceptors (Lipinski definition) is 4. The van der Waals surface area contributed by atoms with Gasteiger partial charge in [-0.25, -0.2) is 4.98 Å². The summed E-state index contributed by atoms with van der Waals surface area (Å²) in [4.78, 5) is 19.4. The van der Waals surface area contributed by atoms with Crippen molar-refractivity contribution in [3.05, 3.63) is 40.8 Å². The molecule has 1 N–H and O–H groups in total. The first-order valence-electron chi connectivity index (χ1n) is 9.21. The molecule has 26 heavy (non-hydrogen) atoms. The van der Waals surface area contributed by atoms with E-state index in [-0.39, 0.29) is 17.4 Å². The minimum Gasteiger partial charge on any atom is -0.423 e. The van der Waals surface area contributed by atoms with Crippen molar-refractivity contribution in [3.8, 4) is 0 Å². The average Bonchev–Trinajstić information content (AvgIpc) is 3.17. The van der Waals surface area contributed by atoms with Crippen LogP contribution in [-0.2, 0) is 24.0 Å². The zero-order chi connectivity index (χ0) is 18.2. The molecule has 4 heterocycles. The van der Waals surface area contributed by atoms with Crippen LogP contribution in [0.25, 0.3) is 0 Å². The van der Waals surface area contributed by atoms with E-state index >= 15 is 0 Å². The molecule has 0 radical (unpaired) electrons. The van der Waals surface area contributed by atoms with Crippen LogP contribution in [0.4, 0.5) is 5.82 Å². The Balaban J connectivity index is 1.55. The van der Waals surface area contributed by atoms with Gasteiger partial charge < -0.3 is 14.2 Å². The van der Waals surface area contributed by atoms with Gasteiger partial charge >= 0.3 is 7.12 Å². The molecular formula is C19H22BN3O3. The maximum atomic E-state index is 13.2. The standard InChI is InChI=1S/C19H22BN3O3/c1-11-16-13(20(25)26-11)4-5-21-17(16)23-7-6-22-14(18(23)24)8-12-9-19(2,3)10-15(12)22/h4-5,8,11,25H,6-7,9-10H2,1-3H3/t11-/m0/s1. The molecule has 1 aliphatic carbocycles. The molecule has 1 atom stereocenters. The number of fused-ring (bicyclic) bond motifs is 4. The number of anilines is 1. The summed E-state index contributed by atoms with van der Waals surface area (Å²) in [5.41, 5.74) is 5.18. The monoisotopic (exact) mass is 351 g/mol. The van der Waals surface area contributed by atoms with Gasteiger partial charge in [-0.15, -0.1) is 0 Å². The molecule has 0 spiro atoms. The van der Waals surface area contributed by atoms with E-state index in [2.05, 4.69) is 29.5 Å². The molecule has 0 saturated heterocycles. The zero-order valence-corrected chi connectivity index (χ0v) is 15.3. The van der Waals surface area contributed by atoms with Crippen molar-refractivity contribution in [1.82, 2.24) is 9.55 Å². The number of carbonyl (C=O) groups is 1. The van der Waals surface area contributed by atoms with Gasteiger partial charge in [-0.3, -0.25) is 9.69 Å². The highest BCUT2D eigenvalue weighted by Crippen LogP contribution is 2.40. The molecule has 5 rings (SSSR count). The molecule has 1 amide bonds. The largest absolute Gasteiger partial charge is 0.492 e. The lowest BCUT2D eigenvalue weighted by molar-refractivity contribution is 0.0962. The van der Waals surface area contributed by atoms with Crippen molar-refractivity contribution < 1.29 is 14.5 Å². The van der Waals surface area contributed by atoms with Crippen LogP contribution < -0.4 is 10.4 Å². The fourth-order valence-electron chi connectivity index (χ4n) is 4.77. The predicted molar refractivity (Wildman–Crippen MR) is 98.6 cm³/mol. The Morgan fingerprint density at radius 3 is 2.96 bits per heavy atom. The van der Waals surface area contributed by atoms with Gasteiger partial charge in [0, 0.05) is 30.5 Å². The first-order chi connectivity index (χ1) is 12.4. The summed E-state index contributed by atoms with van der Waals surface area (Å²) in [5, 5.41) is 10.1. The van der Waals surface area contributed by atoms with Gasteiger partial charge in [0.05, 0.1) is 6.10 Å². The van der Waals surface area contributed by atoms with Crippen molar-refractivity contribution >= 4 is 24.3 Å². The SMILES string of the molecule is C[C@@H]1OB(O)c2ccnc(N3CCn4c(cc5c4CC(C)(C)C5)C3=O)c21. The van der Waals surface area contributed by atoms with Crippen LogP contribution in [0.15, 0.2) is 18.3 Å². The molecule has 0 saturated carbocycles. The summed E-state index contributed by atoms with van der Waals surface area (Å²) in [6, 6.07) is 3.83. The molecule has 3 aliphatic rings. The second kappa shape index (κ2) is 5.21. The summed E-state index contributed by atoms with van der Waals surface area (Å²) >= 11 is 0. The number of pyridine rings is 1. The van der Waals surface area contributed by atoms with Crippen LogP contribution >= 0.6 is 0 Å². The number of rotatable bonds is 1. The second-order valence-corrected chi connectivity index (χ2v) is 8.40. The highest BCUT2D eigenvalue weighted by Gasteiger charge is 2.40. The molecule has 0 fully saturated rings. The zero-order valence-electron chi connectivity index (χ0n) is 15.3. The van der Waals surface area contributed by atoms with Crippen LogP contribution in [0.1, 0.15) is 54.2 Å². The van der Waals surface area contributed by atoms with Crippen LogP contribution in [0.2, 0.25) is 0 Å². The first kappa shape index (κ1) is 16.1. The highest BCUT2D eigenvalue weighted by molar-refractivity contribution is 6.62. The van der Waals surface area contributed by atoms with Gasteiger partial charge in [0.2, 0.25) is 0 Å². The topological polar surface area (TPSA) is 67.6 Å². The van der Waals surface area contributed by atoms with Gasteiger partial charge in [-0.05, 0) is 48.3 Å². The third kappa shape index (κ3) is 2.13. The van der Waals surface area contributed by atoms with Gasteiger partial charge in [-0.2, -0.15) is 0 Å². The summed E-state index contributed by atoms with van der Waals surface area (Å²) in [5.74, 6) is 0.599. The number of nitrogens with zero attached hydrogens (tertiary/aromatic N) is 3. The molecule has 134 valence electrons. The van der Waals surface area contributed by atoms with Gasteiger partial charge in [0.15, 0.2) is 0 Å². The maximum Gasteiger partial charge on any atom is 0.492 e. The molecule has 6 nitrogen and oxygen atoms in total. The van der Waals surface area contributed by atoms with E-state index in [4.69, 9.17) is 4.65 Å². The summed E-state index contributed by atoms with van der Waals surface area (Å²) in [7, 11) is -0.948. The third-order valence-electron chi connectivity index (χ3n) is 5.89. The Morgan fingerprint density at radius 2 is 2.15 bits per heavy atom. The van der Waals surface area contributed by atoms with Crippen molar-refractivity contribution in [2.24, 2.45) is 5.41 Å². The molecule has 0 aromatic carbocycles. The fraction of sp³-hybridized carbons (Fsp3) is 0.474. The van der Waals surface area contributed by atoms with Crippen LogP contribution in [0.5, 0.6) is 0 Å². The lowest BCUT2D eigenvalue weighted by Gasteiger charge is -2.30. The number of amides is 1. The molecule has 2 aromatic heterocycles. The van der Waals surface area contributed by atoms with E-state index in [1.165, 1.54) is 11.3 Å². The van der Waals surface area contributed by atoms with Crippen molar-refractivity contribution in [2.75, 3.05) is 11.4 Å². The van der Waals surface area contributed by atoms with Crippen LogP contribution in [0, 0.1) is 5.41 Å². The smallest absolute Gasteiger partial charge is 0.423 e. The van der Waals surface area contributed by atoms with E-state index in [0.29, 0.717) is 17.8 Å². The lowest BCUT2D eigenvalue weighted by Crippen LogP contribution is -2.42. The quantitative estimate of drug-likeness (QED) is 0.790. The summed E-state index contributed by atoms with van der Waals surface area (Å²) in [6.45, 7) is 7.80. The van der Waals surface area contributed by atoms with Crippen molar-refractivity contribution in [3.63, 3.8) is 0 Å². The number of aromatic nitrogens is 2. The molecule has 2 aromatic rings. The minimum atomic E-state index is -0.948. The maximum absolute atomic E-state index is 13.2. The summed E-state index contributed by atoms with van der Waals surface area (Å²) in [6.07, 6.45) is 3.40. The van der Waals surface area contributed by atoms with E-state index in [9.17, 15) is 9.82 Å². The van der Waals surface area contributed by atoms with Crippen molar-refractivity contribution in [1.29, 1.82) is 0 Å². The van der Waals surface area contributed by atoms with Crippen molar-refractivity contribution in [2.45, 2.75) is 46.3 Å². The Morgan fingerprint density at radius 1 is 1.35 bits per heavy atom. The normalized spacial score (nSPS) is 23.2. The Labute approximate surface area is 152 Å². The number of hydrogen-bond donors (Lipinski definition) is 1. The molecule has 2 aliphatic heterocycles.